The average Bonchev–Trinajstić information content (AvgIpc) is 3.10. The van der Waals surface area contributed by atoms with Crippen molar-refractivity contribution in [2.24, 2.45) is 0 Å². The molecule has 156 valence electrons. The molecule has 2 amide bonds. The number of hydrogen-bond donors (Lipinski definition) is 1. The lowest BCUT2D eigenvalue weighted by molar-refractivity contribution is -0.384. The monoisotopic (exact) mass is 428 g/mol. The van der Waals surface area contributed by atoms with Gasteiger partial charge in [0.25, 0.3) is 11.6 Å². The van der Waals surface area contributed by atoms with Gasteiger partial charge in [0.15, 0.2) is 0 Å². The summed E-state index contributed by atoms with van der Waals surface area (Å²) in [5, 5.41) is 14.4. The number of fused-ring (bicyclic) bond motifs is 1. The highest BCUT2D eigenvalue weighted by molar-refractivity contribution is 6.34. The molecule has 0 aliphatic rings. The summed E-state index contributed by atoms with van der Waals surface area (Å²) < 4.78 is 1.87. The molecule has 1 aromatic heterocycles. The molecule has 9 heteroatoms. The van der Waals surface area contributed by atoms with Crippen LogP contribution in [0.2, 0.25) is 5.02 Å². The van der Waals surface area contributed by atoms with Crippen LogP contribution in [0.25, 0.3) is 10.9 Å². The molecular weight excluding hydrogens is 408 g/mol. The van der Waals surface area contributed by atoms with Gasteiger partial charge in [-0.2, -0.15) is 0 Å². The highest BCUT2D eigenvalue weighted by Crippen LogP contribution is 2.25. The van der Waals surface area contributed by atoms with Gasteiger partial charge in [0.2, 0.25) is 5.91 Å². The number of likely N-dealkylation sites (N-methyl/N-ethyl adjacent to an activating group) is 1. The first-order chi connectivity index (χ1) is 14.3. The number of benzene rings is 2. The number of nitro benzene ring substituents is 1. The molecule has 3 aromatic rings. The number of nitrogens with zero attached hydrogens (tertiary/aromatic N) is 3. The summed E-state index contributed by atoms with van der Waals surface area (Å²) in [6.07, 6.45) is 1.84. The number of carbonyl (C=O) groups is 2. The average molecular weight is 429 g/mol. The van der Waals surface area contributed by atoms with Crippen molar-refractivity contribution in [3.05, 3.63) is 69.4 Å². The number of halogens is 1. The van der Waals surface area contributed by atoms with Crippen LogP contribution in [0.15, 0.2) is 48.7 Å². The van der Waals surface area contributed by atoms with Crippen LogP contribution in [0.5, 0.6) is 0 Å². The molecule has 0 unspecified atom stereocenters. The van der Waals surface area contributed by atoms with Gasteiger partial charge in [-0.15, -0.1) is 0 Å². The van der Waals surface area contributed by atoms with Gasteiger partial charge in [-0.3, -0.25) is 19.7 Å². The lowest BCUT2D eigenvalue weighted by atomic mass is 10.1. The Bertz CT molecular complexity index is 1120. The van der Waals surface area contributed by atoms with Crippen molar-refractivity contribution in [1.82, 2.24) is 9.47 Å². The van der Waals surface area contributed by atoms with Gasteiger partial charge in [-0.25, -0.2) is 0 Å². The van der Waals surface area contributed by atoms with E-state index in [1.807, 2.05) is 36.7 Å². The minimum atomic E-state index is -0.572. The van der Waals surface area contributed by atoms with Crippen LogP contribution in [0.1, 0.15) is 24.2 Å². The maximum atomic E-state index is 12.5. The number of hydrogen-bond acceptors (Lipinski definition) is 4. The van der Waals surface area contributed by atoms with E-state index in [9.17, 15) is 19.7 Å². The number of carbonyl (C=O) groups excluding carboxylic acids is 2. The number of rotatable bonds is 7. The van der Waals surface area contributed by atoms with Crippen molar-refractivity contribution in [3.8, 4) is 0 Å². The quantitative estimate of drug-likeness (QED) is 0.447. The van der Waals surface area contributed by atoms with Crippen LogP contribution in [0.3, 0.4) is 0 Å². The Balaban J connectivity index is 1.78. The van der Waals surface area contributed by atoms with E-state index in [2.05, 4.69) is 5.32 Å². The van der Waals surface area contributed by atoms with Crippen molar-refractivity contribution in [2.75, 3.05) is 18.4 Å². The third kappa shape index (κ3) is 4.44. The highest BCUT2D eigenvalue weighted by atomic mass is 35.5. The summed E-state index contributed by atoms with van der Waals surface area (Å²) in [4.78, 5) is 36.9. The number of nitrogens with one attached hydrogen (secondary N) is 1. The van der Waals surface area contributed by atoms with E-state index < -0.39 is 10.8 Å². The zero-order valence-corrected chi connectivity index (χ0v) is 17.3. The van der Waals surface area contributed by atoms with Gasteiger partial charge >= 0.3 is 0 Å². The second-order valence-corrected chi connectivity index (χ2v) is 7.07. The molecule has 8 nitrogen and oxygen atoms in total. The normalized spacial score (nSPS) is 10.8. The van der Waals surface area contributed by atoms with Gasteiger partial charge in [0.1, 0.15) is 6.54 Å². The molecule has 1 heterocycles. The van der Waals surface area contributed by atoms with E-state index in [0.29, 0.717) is 18.8 Å². The Labute approximate surface area is 178 Å². The molecule has 0 aliphatic heterocycles. The third-order valence-electron chi connectivity index (χ3n) is 4.86. The number of nitro groups is 1. The molecule has 0 radical (unpaired) electrons. The summed E-state index contributed by atoms with van der Waals surface area (Å²) >= 11 is 6.03. The van der Waals surface area contributed by atoms with Crippen LogP contribution in [-0.2, 0) is 11.3 Å². The van der Waals surface area contributed by atoms with Crippen molar-refractivity contribution in [1.29, 1.82) is 0 Å². The second kappa shape index (κ2) is 8.96. The van der Waals surface area contributed by atoms with Crippen molar-refractivity contribution >= 4 is 45.7 Å². The molecule has 2 aromatic carbocycles. The third-order valence-corrected chi connectivity index (χ3v) is 5.17. The minimum absolute atomic E-state index is 0.00356. The van der Waals surface area contributed by atoms with E-state index in [4.69, 9.17) is 11.6 Å². The largest absolute Gasteiger partial charge is 0.342 e. The number of non-ortho nitro benzene ring substituents is 1. The molecule has 0 saturated carbocycles. The maximum absolute atomic E-state index is 12.5. The SMILES string of the molecule is CCN(CC)C(=O)Cn1ccc2cc(NC(=O)c3ccc([N+](=O)[O-])cc3Cl)ccc21. The van der Waals surface area contributed by atoms with Gasteiger partial charge in [0.05, 0.1) is 15.5 Å². The topological polar surface area (TPSA) is 97.5 Å². The fourth-order valence-corrected chi connectivity index (χ4v) is 3.50. The predicted octanol–water partition coefficient (Wildman–Crippen LogP) is 4.32. The Kier molecular flexibility index (Phi) is 6.37. The van der Waals surface area contributed by atoms with E-state index in [-0.39, 0.29) is 28.7 Å². The van der Waals surface area contributed by atoms with Gasteiger partial charge < -0.3 is 14.8 Å². The molecule has 3 rings (SSSR count). The summed E-state index contributed by atoms with van der Waals surface area (Å²) in [6, 6.07) is 10.9. The van der Waals surface area contributed by atoms with Gasteiger partial charge in [-0.05, 0) is 44.2 Å². The first-order valence-electron chi connectivity index (χ1n) is 9.46. The smallest absolute Gasteiger partial charge is 0.270 e. The summed E-state index contributed by atoms with van der Waals surface area (Å²) in [5.74, 6) is -0.423. The van der Waals surface area contributed by atoms with E-state index in [0.717, 1.165) is 17.0 Å². The van der Waals surface area contributed by atoms with Crippen molar-refractivity contribution in [2.45, 2.75) is 20.4 Å². The zero-order valence-electron chi connectivity index (χ0n) is 16.6. The molecule has 0 bridgehead atoms. The van der Waals surface area contributed by atoms with Crippen LogP contribution >= 0.6 is 11.6 Å². The van der Waals surface area contributed by atoms with Crippen LogP contribution < -0.4 is 5.32 Å². The molecule has 30 heavy (non-hydrogen) atoms. The second-order valence-electron chi connectivity index (χ2n) is 6.66. The van der Waals surface area contributed by atoms with Gasteiger partial charge in [0, 0.05) is 48.0 Å². The first-order valence-corrected chi connectivity index (χ1v) is 9.83. The van der Waals surface area contributed by atoms with Crippen LogP contribution in [-0.4, -0.2) is 39.3 Å². The number of aromatic nitrogens is 1. The molecular formula is C21H21ClN4O4. The maximum Gasteiger partial charge on any atom is 0.270 e. The van der Waals surface area contributed by atoms with Crippen LogP contribution in [0.4, 0.5) is 11.4 Å². The fraction of sp³-hybridized carbons (Fsp3) is 0.238. The highest BCUT2D eigenvalue weighted by Gasteiger charge is 2.16. The molecule has 0 fully saturated rings. The Morgan fingerprint density at radius 2 is 1.87 bits per heavy atom. The van der Waals surface area contributed by atoms with Crippen molar-refractivity contribution < 1.29 is 14.5 Å². The van der Waals surface area contributed by atoms with E-state index >= 15 is 0 Å². The first kappa shape index (κ1) is 21.3. The van der Waals surface area contributed by atoms with E-state index in [1.165, 1.54) is 12.1 Å². The van der Waals surface area contributed by atoms with Crippen molar-refractivity contribution in [3.63, 3.8) is 0 Å². The standard InChI is InChI=1S/C21H21ClN4O4/c1-3-24(4-2)20(27)13-25-10-9-14-11-15(5-8-19(14)25)23-21(28)17-7-6-16(26(29)30)12-18(17)22/h5-12H,3-4,13H2,1-2H3,(H,23,28). The molecule has 0 aliphatic carbocycles. The molecule has 1 N–H and O–H groups in total. The summed E-state index contributed by atoms with van der Waals surface area (Å²) in [5.41, 5.74) is 1.39. The predicted molar refractivity (Wildman–Crippen MR) is 116 cm³/mol. The van der Waals surface area contributed by atoms with Gasteiger partial charge in [-0.1, -0.05) is 11.6 Å². The van der Waals surface area contributed by atoms with E-state index in [1.54, 1.807) is 17.0 Å². The number of amides is 2. The Hall–Kier alpha value is -3.39. The van der Waals surface area contributed by atoms with Crippen LogP contribution in [0, 0.1) is 10.1 Å². The minimum Gasteiger partial charge on any atom is -0.342 e. The molecule has 0 saturated heterocycles. The molecule has 0 spiro atoms. The molecule has 0 atom stereocenters. The summed E-state index contributed by atoms with van der Waals surface area (Å²) in [6.45, 7) is 5.46. The number of anilines is 1. The lowest BCUT2D eigenvalue weighted by Crippen LogP contribution is -2.33. The zero-order chi connectivity index (χ0) is 21.8. The Morgan fingerprint density at radius 3 is 2.50 bits per heavy atom. The fourth-order valence-electron chi connectivity index (χ4n) is 3.24. The summed E-state index contributed by atoms with van der Waals surface area (Å²) in [7, 11) is 0. The lowest BCUT2D eigenvalue weighted by Gasteiger charge is -2.19. The Morgan fingerprint density at radius 1 is 1.13 bits per heavy atom.